The highest BCUT2D eigenvalue weighted by Gasteiger charge is 2.22. The van der Waals surface area contributed by atoms with E-state index in [1.54, 1.807) is 0 Å². The molecule has 0 spiro atoms. The van der Waals surface area contributed by atoms with Crippen LogP contribution in [0.15, 0.2) is 0 Å². The van der Waals surface area contributed by atoms with Crippen molar-refractivity contribution in [2.24, 2.45) is 0 Å². The molecule has 0 saturated carbocycles. The Morgan fingerprint density at radius 1 is 1.54 bits per heavy atom. The molecule has 1 atom stereocenters. The molecule has 0 saturated heterocycles. The molecule has 2 heterocycles. The largest absolute Gasteiger partial charge is 0.385 e. The van der Waals surface area contributed by atoms with Gasteiger partial charge in [-0.05, 0) is 19.3 Å². The Morgan fingerprint density at radius 3 is 3.15 bits per heavy atom. The quantitative estimate of drug-likeness (QED) is 0.742. The van der Waals surface area contributed by atoms with Gasteiger partial charge in [0.2, 0.25) is 0 Å². The van der Waals surface area contributed by atoms with E-state index in [2.05, 4.69) is 21.7 Å². The van der Waals surface area contributed by atoms with E-state index in [-0.39, 0.29) is 0 Å². The molecular weight excluding hydrogens is 166 g/mol. The summed E-state index contributed by atoms with van der Waals surface area (Å²) in [7, 11) is 0. The Labute approximate surface area is 77.6 Å². The van der Waals surface area contributed by atoms with E-state index in [9.17, 15) is 5.11 Å². The number of aliphatic hydroxyl groups is 1. The summed E-state index contributed by atoms with van der Waals surface area (Å²) in [5, 5.41) is 17.7. The minimum absolute atomic E-state index is 0.396. The van der Waals surface area contributed by atoms with Crippen LogP contribution >= 0.6 is 0 Å². The van der Waals surface area contributed by atoms with Crippen molar-refractivity contribution in [3.8, 4) is 0 Å². The van der Waals surface area contributed by atoms with E-state index < -0.39 is 6.10 Å². The number of nitrogens with zero attached hydrogens (tertiary/aromatic N) is 3. The van der Waals surface area contributed by atoms with E-state index in [4.69, 9.17) is 0 Å². The predicted octanol–water partition coefficient (Wildman–Crippen LogP) is 1.06. The summed E-state index contributed by atoms with van der Waals surface area (Å²) in [6, 6.07) is 0. The van der Waals surface area contributed by atoms with Crippen molar-refractivity contribution in [1.82, 2.24) is 14.8 Å². The summed E-state index contributed by atoms with van der Waals surface area (Å²) in [6.07, 6.45) is 3.49. The van der Waals surface area contributed by atoms with Crippen LogP contribution in [0, 0.1) is 0 Å². The van der Waals surface area contributed by atoms with Crippen LogP contribution in [0.3, 0.4) is 0 Å². The Hall–Kier alpha value is -0.900. The Kier molecular flexibility index (Phi) is 2.31. The molecule has 2 rings (SSSR count). The van der Waals surface area contributed by atoms with Gasteiger partial charge in [-0.25, -0.2) is 0 Å². The number of hydrogen-bond acceptors (Lipinski definition) is 3. The summed E-state index contributed by atoms with van der Waals surface area (Å²) >= 11 is 0. The average Bonchev–Trinajstić information content (AvgIpc) is 2.51. The zero-order valence-electron chi connectivity index (χ0n) is 7.90. The fourth-order valence-electron chi connectivity index (χ4n) is 1.82. The molecule has 0 aromatic carbocycles. The zero-order chi connectivity index (χ0) is 9.26. The summed E-state index contributed by atoms with van der Waals surface area (Å²) in [6.45, 7) is 3.09. The third kappa shape index (κ3) is 1.46. The van der Waals surface area contributed by atoms with Gasteiger partial charge in [-0.2, -0.15) is 0 Å². The van der Waals surface area contributed by atoms with Crippen LogP contribution in [0.1, 0.15) is 43.9 Å². The van der Waals surface area contributed by atoms with E-state index in [0.29, 0.717) is 0 Å². The van der Waals surface area contributed by atoms with Crippen LogP contribution in [0.4, 0.5) is 0 Å². The van der Waals surface area contributed by atoms with Gasteiger partial charge in [-0.15, -0.1) is 10.2 Å². The molecule has 1 aromatic heterocycles. The number of rotatable bonds is 2. The fourth-order valence-corrected chi connectivity index (χ4v) is 1.82. The lowest BCUT2D eigenvalue weighted by molar-refractivity contribution is 0.133. The van der Waals surface area contributed by atoms with Crippen LogP contribution in [0.5, 0.6) is 0 Å². The highest BCUT2D eigenvalue weighted by atomic mass is 16.3. The molecule has 72 valence electrons. The normalized spacial score (nSPS) is 21.5. The van der Waals surface area contributed by atoms with Crippen LogP contribution in [-0.4, -0.2) is 19.9 Å². The van der Waals surface area contributed by atoms with Crippen molar-refractivity contribution in [2.75, 3.05) is 0 Å². The maximum absolute atomic E-state index is 9.62. The van der Waals surface area contributed by atoms with E-state index in [1.165, 1.54) is 0 Å². The lowest BCUT2D eigenvalue weighted by Gasteiger charge is -2.19. The number of fused-ring (bicyclic) bond motifs is 1. The number of hydrogen-bond donors (Lipinski definition) is 1. The van der Waals surface area contributed by atoms with Crippen molar-refractivity contribution >= 4 is 0 Å². The smallest absolute Gasteiger partial charge is 0.161 e. The van der Waals surface area contributed by atoms with Gasteiger partial charge in [0.1, 0.15) is 11.9 Å². The molecule has 0 radical (unpaired) electrons. The summed E-state index contributed by atoms with van der Waals surface area (Å²) in [4.78, 5) is 0. The van der Waals surface area contributed by atoms with Gasteiger partial charge >= 0.3 is 0 Å². The monoisotopic (exact) mass is 181 g/mol. The Bertz CT molecular complexity index is 295. The SMILES string of the molecule is CCCc1nnc2n1CCCC2O. The summed E-state index contributed by atoms with van der Waals surface area (Å²) in [5.41, 5.74) is 0. The summed E-state index contributed by atoms with van der Waals surface area (Å²) in [5.74, 6) is 1.78. The van der Waals surface area contributed by atoms with Gasteiger partial charge in [0.15, 0.2) is 5.82 Å². The second-order valence-corrected chi connectivity index (χ2v) is 3.53. The number of aliphatic hydroxyl groups excluding tert-OH is 1. The first-order valence-electron chi connectivity index (χ1n) is 4.93. The third-order valence-electron chi connectivity index (χ3n) is 2.49. The van der Waals surface area contributed by atoms with Gasteiger partial charge < -0.3 is 9.67 Å². The highest BCUT2D eigenvalue weighted by molar-refractivity contribution is 5.01. The predicted molar refractivity (Wildman–Crippen MR) is 48.2 cm³/mol. The maximum Gasteiger partial charge on any atom is 0.161 e. The summed E-state index contributed by atoms with van der Waals surface area (Å²) < 4.78 is 2.07. The van der Waals surface area contributed by atoms with Crippen LogP contribution in [0.2, 0.25) is 0 Å². The van der Waals surface area contributed by atoms with Crippen LogP contribution in [0.25, 0.3) is 0 Å². The number of aromatic nitrogens is 3. The zero-order valence-corrected chi connectivity index (χ0v) is 7.90. The molecule has 0 bridgehead atoms. The molecule has 1 unspecified atom stereocenters. The third-order valence-corrected chi connectivity index (χ3v) is 2.49. The molecule has 0 aliphatic carbocycles. The van der Waals surface area contributed by atoms with Crippen molar-refractivity contribution in [2.45, 2.75) is 45.3 Å². The molecule has 4 nitrogen and oxygen atoms in total. The van der Waals surface area contributed by atoms with E-state index >= 15 is 0 Å². The standard InChI is InChI=1S/C9H15N3O/c1-2-4-8-10-11-9-7(13)5-3-6-12(8)9/h7,13H,2-6H2,1H3. The second kappa shape index (κ2) is 3.46. The van der Waals surface area contributed by atoms with Crippen molar-refractivity contribution in [3.05, 3.63) is 11.6 Å². The lowest BCUT2D eigenvalue weighted by atomic mass is 10.1. The first-order chi connectivity index (χ1) is 6.33. The number of aryl methyl sites for hydroxylation is 1. The topological polar surface area (TPSA) is 50.9 Å². The van der Waals surface area contributed by atoms with Crippen molar-refractivity contribution in [1.29, 1.82) is 0 Å². The van der Waals surface area contributed by atoms with Gasteiger partial charge in [0.05, 0.1) is 0 Å². The molecule has 1 aromatic rings. The van der Waals surface area contributed by atoms with Crippen LogP contribution in [-0.2, 0) is 13.0 Å². The Balaban J connectivity index is 2.30. The average molecular weight is 181 g/mol. The molecule has 0 amide bonds. The highest BCUT2D eigenvalue weighted by Crippen LogP contribution is 2.23. The van der Waals surface area contributed by atoms with Gasteiger partial charge in [0, 0.05) is 13.0 Å². The molecular formula is C9H15N3O. The minimum atomic E-state index is -0.396. The fraction of sp³-hybridized carbons (Fsp3) is 0.778. The van der Waals surface area contributed by atoms with E-state index in [0.717, 1.165) is 43.9 Å². The molecule has 1 aliphatic heterocycles. The molecule has 4 heteroatoms. The van der Waals surface area contributed by atoms with Gasteiger partial charge in [0.25, 0.3) is 0 Å². The van der Waals surface area contributed by atoms with Crippen molar-refractivity contribution in [3.63, 3.8) is 0 Å². The molecule has 13 heavy (non-hydrogen) atoms. The molecule has 1 aliphatic rings. The lowest BCUT2D eigenvalue weighted by Crippen LogP contribution is -2.17. The first-order valence-corrected chi connectivity index (χ1v) is 4.93. The first kappa shape index (κ1) is 8.69. The molecule has 1 N–H and O–H groups in total. The Morgan fingerprint density at radius 2 is 2.38 bits per heavy atom. The minimum Gasteiger partial charge on any atom is -0.385 e. The van der Waals surface area contributed by atoms with Gasteiger partial charge in [-0.3, -0.25) is 0 Å². The van der Waals surface area contributed by atoms with Crippen molar-refractivity contribution < 1.29 is 5.11 Å². The van der Waals surface area contributed by atoms with E-state index in [1.807, 2.05) is 0 Å². The van der Waals surface area contributed by atoms with Gasteiger partial charge in [-0.1, -0.05) is 6.92 Å². The molecule has 0 fully saturated rings. The van der Waals surface area contributed by atoms with Crippen LogP contribution < -0.4 is 0 Å². The second-order valence-electron chi connectivity index (χ2n) is 3.53. The maximum atomic E-state index is 9.62.